The van der Waals surface area contributed by atoms with Gasteiger partial charge >= 0.3 is 0 Å². The van der Waals surface area contributed by atoms with Crippen LogP contribution in [0.5, 0.6) is 0 Å². The van der Waals surface area contributed by atoms with Crippen molar-refractivity contribution in [2.45, 2.75) is 19.2 Å². The van der Waals surface area contributed by atoms with Gasteiger partial charge in [-0.1, -0.05) is 6.07 Å². The van der Waals surface area contributed by atoms with Crippen LogP contribution in [0, 0.1) is 0 Å². The van der Waals surface area contributed by atoms with E-state index >= 15 is 0 Å². The predicted octanol–water partition coefficient (Wildman–Crippen LogP) is 1.60. The van der Waals surface area contributed by atoms with Crippen molar-refractivity contribution in [2.24, 2.45) is 0 Å². The molecule has 0 N–H and O–H groups in total. The molecule has 0 saturated heterocycles. The average Bonchev–Trinajstić information content (AvgIpc) is 2.13. The molecule has 0 spiro atoms. The van der Waals surface area contributed by atoms with E-state index < -0.39 is 12.2 Å². The molecule has 2 nitrogen and oxygen atoms in total. The number of fused-ring (bicyclic) bond motifs is 1. The molecule has 0 aromatic carbocycles. The summed E-state index contributed by atoms with van der Waals surface area (Å²) in [5.74, 6) is -0.477. The summed E-state index contributed by atoms with van der Waals surface area (Å²) in [7, 11) is 0. The van der Waals surface area contributed by atoms with E-state index in [4.69, 9.17) is 2.74 Å². The molecule has 1 heterocycles. The second-order valence-corrected chi connectivity index (χ2v) is 2.52. The number of ketones is 1. The van der Waals surface area contributed by atoms with E-state index in [0.29, 0.717) is 12.1 Å². The number of hydrogen-bond donors (Lipinski definition) is 0. The molecule has 1 aliphatic carbocycles. The lowest BCUT2D eigenvalue weighted by molar-refractivity contribution is 0.0967. The zero-order chi connectivity index (χ0) is 9.47. The molecule has 2 heteroatoms. The number of rotatable bonds is 0. The van der Waals surface area contributed by atoms with E-state index in [9.17, 15) is 4.79 Å². The third kappa shape index (κ3) is 1.04. The van der Waals surface area contributed by atoms with Crippen LogP contribution in [0.2, 0.25) is 0 Å². The van der Waals surface area contributed by atoms with Gasteiger partial charge in [-0.05, 0) is 24.5 Å². The molecule has 0 unspecified atom stereocenters. The van der Waals surface area contributed by atoms with Gasteiger partial charge in [-0.15, -0.1) is 0 Å². The van der Waals surface area contributed by atoms with Crippen molar-refractivity contribution in [3.05, 3.63) is 29.6 Å². The van der Waals surface area contributed by atoms with E-state index in [-0.39, 0.29) is 6.42 Å². The summed E-state index contributed by atoms with van der Waals surface area (Å²) in [6, 6.07) is 3.60. The van der Waals surface area contributed by atoms with Crippen LogP contribution in [0.25, 0.3) is 0 Å². The fourth-order valence-corrected chi connectivity index (χ4v) is 1.24. The Hall–Kier alpha value is -1.18. The van der Waals surface area contributed by atoms with Crippen molar-refractivity contribution in [3.8, 4) is 0 Å². The topological polar surface area (TPSA) is 30.0 Å². The number of hydrogen-bond acceptors (Lipinski definition) is 2. The highest BCUT2D eigenvalue weighted by atomic mass is 16.1. The number of pyridine rings is 1. The van der Waals surface area contributed by atoms with Crippen molar-refractivity contribution >= 4 is 5.78 Å². The Morgan fingerprint density at radius 2 is 2.55 bits per heavy atom. The van der Waals surface area contributed by atoms with Gasteiger partial charge in [0.2, 0.25) is 0 Å². The smallest absolute Gasteiger partial charge is 0.181 e. The van der Waals surface area contributed by atoms with E-state index in [1.165, 1.54) is 6.20 Å². The van der Waals surface area contributed by atoms with Crippen molar-refractivity contribution in [3.63, 3.8) is 0 Å². The maximum Gasteiger partial charge on any atom is 0.181 e. The number of nitrogens with zero attached hydrogens (tertiary/aromatic N) is 1. The first-order chi connectivity index (χ1) is 6.11. The number of carbonyl (C=O) groups excluding carboxylic acids is 1. The molecule has 1 aromatic heterocycles. The highest BCUT2D eigenvalue weighted by Crippen LogP contribution is 2.17. The molecule has 0 saturated carbocycles. The number of aryl methyl sites for hydroxylation is 1. The fourth-order valence-electron chi connectivity index (χ4n) is 1.24. The van der Waals surface area contributed by atoms with Gasteiger partial charge in [0, 0.05) is 15.3 Å². The standard InChI is InChI=1S/C9H9NO/c11-8-5-1-3-7-4-2-6-10-9(7)8/h2,4,6H,1,3,5H2/i5D2. The minimum atomic E-state index is -1.72. The lowest BCUT2D eigenvalue weighted by Gasteiger charge is -2.11. The maximum absolute atomic E-state index is 11.5. The van der Waals surface area contributed by atoms with Gasteiger partial charge in [0.1, 0.15) is 5.69 Å². The lowest BCUT2D eigenvalue weighted by Crippen LogP contribution is -2.12. The van der Waals surface area contributed by atoms with Crippen LogP contribution in [-0.2, 0) is 6.42 Å². The Morgan fingerprint density at radius 3 is 3.45 bits per heavy atom. The van der Waals surface area contributed by atoms with Crippen LogP contribution in [0.3, 0.4) is 0 Å². The second-order valence-electron chi connectivity index (χ2n) is 2.52. The summed E-state index contributed by atoms with van der Waals surface area (Å²) in [5, 5.41) is 0. The van der Waals surface area contributed by atoms with Gasteiger partial charge in [-0.3, -0.25) is 9.78 Å². The zero-order valence-corrected chi connectivity index (χ0v) is 6.00. The summed E-state index contributed by atoms with van der Waals surface area (Å²) in [6.07, 6.45) is 0.673. The van der Waals surface area contributed by atoms with Crippen LogP contribution < -0.4 is 0 Å². The molecular weight excluding hydrogens is 138 g/mol. The van der Waals surface area contributed by atoms with Crippen molar-refractivity contribution in [2.75, 3.05) is 0 Å². The van der Waals surface area contributed by atoms with Crippen LogP contribution in [0.15, 0.2) is 18.3 Å². The SMILES string of the molecule is [2H]C1([2H])CCc2cccnc2C1=O. The molecule has 0 radical (unpaired) electrons. The first-order valence-corrected chi connectivity index (χ1v) is 3.60. The van der Waals surface area contributed by atoms with E-state index in [2.05, 4.69) is 4.98 Å². The van der Waals surface area contributed by atoms with Gasteiger partial charge in [0.15, 0.2) is 5.78 Å². The van der Waals surface area contributed by atoms with Gasteiger partial charge in [-0.25, -0.2) is 0 Å². The van der Waals surface area contributed by atoms with Crippen LogP contribution >= 0.6 is 0 Å². The summed E-state index contributed by atoms with van der Waals surface area (Å²) >= 11 is 0. The highest BCUT2D eigenvalue weighted by molar-refractivity contribution is 5.96. The fraction of sp³-hybridized carbons (Fsp3) is 0.333. The maximum atomic E-state index is 11.5. The Kier molecular flexibility index (Phi) is 1.04. The van der Waals surface area contributed by atoms with Crippen molar-refractivity contribution in [1.82, 2.24) is 4.98 Å². The molecule has 0 atom stereocenters. The quantitative estimate of drug-likeness (QED) is 0.560. The first kappa shape index (κ1) is 4.65. The molecule has 0 aliphatic heterocycles. The van der Waals surface area contributed by atoms with Gasteiger partial charge in [0.05, 0.1) is 0 Å². The predicted molar refractivity (Wildman–Crippen MR) is 41.5 cm³/mol. The molecule has 0 bridgehead atoms. The molecule has 0 amide bonds. The third-order valence-corrected chi connectivity index (χ3v) is 1.79. The number of carbonyl (C=O) groups is 1. The monoisotopic (exact) mass is 149 g/mol. The molecule has 1 aliphatic rings. The molecular formula is C9H9NO. The van der Waals surface area contributed by atoms with Crippen LogP contribution in [-0.4, -0.2) is 10.8 Å². The van der Waals surface area contributed by atoms with Crippen molar-refractivity contribution < 1.29 is 7.54 Å². The van der Waals surface area contributed by atoms with Crippen LogP contribution in [0.1, 0.15) is 31.6 Å². The Morgan fingerprint density at radius 1 is 1.64 bits per heavy atom. The summed E-state index contributed by atoms with van der Waals surface area (Å²) in [4.78, 5) is 15.4. The Labute approximate surface area is 68.1 Å². The van der Waals surface area contributed by atoms with Crippen LogP contribution in [0.4, 0.5) is 0 Å². The van der Waals surface area contributed by atoms with Crippen molar-refractivity contribution in [1.29, 1.82) is 0 Å². The largest absolute Gasteiger partial charge is 0.292 e. The summed E-state index contributed by atoms with van der Waals surface area (Å²) < 4.78 is 14.9. The summed E-state index contributed by atoms with van der Waals surface area (Å²) in [5.41, 5.74) is 1.17. The zero-order valence-electron chi connectivity index (χ0n) is 8.00. The minimum Gasteiger partial charge on any atom is -0.292 e. The molecule has 1 aromatic rings. The minimum absolute atomic E-state index is 0.268. The summed E-state index contributed by atoms with van der Waals surface area (Å²) in [6.45, 7) is 0. The molecule has 0 fully saturated rings. The van der Waals surface area contributed by atoms with E-state index in [0.717, 1.165) is 5.56 Å². The number of Topliss-reactive ketones (excluding diaryl/α,β-unsaturated/α-hetero) is 1. The highest BCUT2D eigenvalue weighted by Gasteiger charge is 2.16. The molecule has 2 rings (SSSR count). The second kappa shape index (κ2) is 2.46. The molecule has 56 valence electrons. The van der Waals surface area contributed by atoms with Gasteiger partial charge < -0.3 is 0 Å². The Bertz CT molecular complexity index is 362. The van der Waals surface area contributed by atoms with Gasteiger partial charge in [0.25, 0.3) is 0 Å². The average molecular weight is 149 g/mol. The van der Waals surface area contributed by atoms with E-state index in [1.54, 1.807) is 6.07 Å². The molecule has 11 heavy (non-hydrogen) atoms. The van der Waals surface area contributed by atoms with E-state index in [1.807, 2.05) is 6.07 Å². The first-order valence-electron chi connectivity index (χ1n) is 4.60. The Balaban J connectivity index is 2.52. The number of aromatic nitrogens is 1. The third-order valence-electron chi connectivity index (χ3n) is 1.79. The lowest BCUT2D eigenvalue weighted by atomic mass is 9.95. The normalized spacial score (nSPS) is 23.5. The van der Waals surface area contributed by atoms with Gasteiger partial charge in [-0.2, -0.15) is 0 Å².